The number of anilines is 4. The van der Waals surface area contributed by atoms with Crippen LogP contribution in [0.15, 0.2) is 4.99 Å². The number of aromatic nitrogens is 4. The predicted octanol–water partition coefficient (Wildman–Crippen LogP) is -1.02. The highest BCUT2D eigenvalue weighted by Crippen LogP contribution is 2.18. The number of carbonyl (C=O) groups is 2. The van der Waals surface area contributed by atoms with Crippen molar-refractivity contribution in [2.75, 3.05) is 62.5 Å². The molecule has 24 heteroatoms. The summed E-state index contributed by atoms with van der Waals surface area (Å²) in [5, 5.41) is 29.9. The van der Waals surface area contributed by atoms with E-state index >= 15 is 0 Å². The van der Waals surface area contributed by atoms with E-state index in [9.17, 15) is 20.0 Å². The van der Waals surface area contributed by atoms with Crippen molar-refractivity contribution < 1.29 is 29.5 Å². The van der Waals surface area contributed by atoms with Crippen LogP contribution in [0.5, 0.6) is 0 Å². The van der Waals surface area contributed by atoms with Crippen LogP contribution in [0.25, 0.3) is 0 Å². The number of nitrogen functional groups attached to an aromatic ring is 4. The summed E-state index contributed by atoms with van der Waals surface area (Å²) in [5.41, 5.74) is 26.8. The maximum atomic E-state index is 12.2. The lowest BCUT2D eigenvalue weighted by Crippen LogP contribution is -2.43. The molecule has 0 aliphatic heterocycles. The normalized spacial score (nSPS) is 10.7. The minimum Gasteiger partial charge on any atom is -0.382 e. The second-order valence-electron chi connectivity index (χ2n) is 7.32. The number of amides is 2. The van der Waals surface area contributed by atoms with Gasteiger partial charge in [-0.3, -0.25) is 30.7 Å². The third-order valence-corrected chi connectivity index (χ3v) is 5.02. The summed E-state index contributed by atoms with van der Waals surface area (Å²) in [4.78, 5) is 42.5. The van der Waals surface area contributed by atoms with Crippen LogP contribution in [0, 0.1) is 5.41 Å². The molecule has 0 radical (unpaired) electrons. The van der Waals surface area contributed by atoms with Crippen LogP contribution in [0.3, 0.4) is 0 Å². The van der Waals surface area contributed by atoms with E-state index in [2.05, 4.69) is 30.2 Å². The largest absolute Gasteiger partial charge is 0.382 e. The van der Waals surface area contributed by atoms with Crippen LogP contribution in [0.2, 0.25) is 10.3 Å². The molecule has 2 aromatic heterocycles. The first-order valence-corrected chi connectivity index (χ1v) is 11.6. The standard InChI is InChI=1S/C18H26Cl2N14O6.2ClH/c19-9-13(23)29-11(21)7(27-9)15(35)31-17(25)33(37)1-3-39-5-6-40-4-2-34(38)18(26)32-16(36)8-12(22)30-14(24)10(20)28-8;;/h37-38H,1-6H2,(H4,21,23,29)(H4,22,24,30)(H2,25,31,35)(H2,26,32,36);2*1H. The van der Waals surface area contributed by atoms with E-state index in [-0.39, 0.29) is 104 Å². The topological polar surface area (TPSA) is 329 Å². The minimum absolute atomic E-state index is 0. The fourth-order valence-electron chi connectivity index (χ4n) is 2.50. The highest BCUT2D eigenvalue weighted by molar-refractivity contribution is 6.32. The Labute approximate surface area is 259 Å². The van der Waals surface area contributed by atoms with Gasteiger partial charge in [0.15, 0.2) is 45.0 Å². The Morgan fingerprint density at radius 2 is 1.26 bits per heavy atom. The molecular weight excluding hydrogens is 650 g/mol. The van der Waals surface area contributed by atoms with Gasteiger partial charge in [0.2, 0.25) is 11.9 Å². The second-order valence-corrected chi connectivity index (χ2v) is 8.03. The summed E-state index contributed by atoms with van der Waals surface area (Å²) >= 11 is 11.4. The molecule has 2 aromatic rings. The van der Waals surface area contributed by atoms with E-state index < -0.39 is 29.4 Å². The van der Waals surface area contributed by atoms with Crippen LogP contribution < -0.4 is 34.0 Å². The quantitative estimate of drug-likeness (QED) is 0.0594. The summed E-state index contributed by atoms with van der Waals surface area (Å²) in [7, 11) is 0. The molecule has 0 aliphatic rings. The third kappa shape index (κ3) is 11.3. The van der Waals surface area contributed by atoms with Gasteiger partial charge < -0.3 is 38.1 Å². The zero-order chi connectivity index (χ0) is 30.0. The Bertz CT molecular complexity index is 1290. The Morgan fingerprint density at radius 1 is 0.810 bits per heavy atom. The van der Waals surface area contributed by atoms with Gasteiger partial charge in [-0.25, -0.2) is 30.1 Å². The van der Waals surface area contributed by atoms with Gasteiger partial charge in [-0.15, -0.1) is 24.8 Å². The molecule has 0 unspecified atom stereocenters. The SMILES string of the molecule is Cl.Cl.N=C(NC(=O)c1nc(Cl)c(N)nc1N)N(O)CCOCCOCCN(O)C(N)=NC(=O)c1nc(Cl)c(N)nc1N. The van der Waals surface area contributed by atoms with Crippen LogP contribution in [0.4, 0.5) is 23.3 Å². The Kier molecular flexibility index (Phi) is 16.3. The molecule has 0 bridgehead atoms. The molecule has 42 heavy (non-hydrogen) atoms. The molecule has 0 atom stereocenters. The van der Waals surface area contributed by atoms with E-state index in [1.807, 2.05) is 0 Å². The van der Waals surface area contributed by atoms with Gasteiger partial charge in [0.25, 0.3) is 5.91 Å². The van der Waals surface area contributed by atoms with Crippen molar-refractivity contribution in [1.29, 1.82) is 5.41 Å². The van der Waals surface area contributed by atoms with E-state index in [0.29, 0.717) is 10.1 Å². The fourth-order valence-corrected chi connectivity index (χ4v) is 2.76. The lowest BCUT2D eigenvalue weighted by atomic mass is 10.4. The van der Waals surface area contributed by atoms with Crippen molar-refractivity contribution >= 4 is 95.0 Å². The van der Waals surface area contributed by atoms with Gasteiger partial charge in [0, 0.05) is 0 Å². The summed E-state index contributed by atoms with van der Waals surface area (Å²) in [6.07, 6.45) is 0. The van der Waals surface area contributed by atoms with E-state index in [0.717, 1.165) is 0 Å². The summed E-state index contributed by atoms with van der Waals surface area (Å²) in [6, 6.07) is 0. The molecule has 0 saturated carbocycles. The van der Waals surface area contributed by atoms with E-state index in [1.54, 1.807) is 0 Å². The first-order valence-electron chi connectivity index (χ1n) is 10.9. The third-order valence-electron chi connectivity index (χ3n) is 4.46. The van der Waals surface area contributed by atoms with Gasteiger partial charge in [-0.1, -0.05) is 23.2 Å². The Morgan fingerprint density at radius 3 is 1.79 bits per heavy atom. The number of hydrogen-bond acceptors (Lipinski definition) is 15. The number of halogens is 4. The monoisotopic (exact) mass is 676 g/mol. The number of nitrogens with zero attached hydrogens (tertiary/aromatic N) is 7. The fraction of sp³-hybridized carbons (Fsp3) is 0.333. The maximum absolute atomic E-state index is 12.2. The summed E-state index contributed by atoms with van der Waals surface area (Å²) in [6.45, 7) is -0.293. The van der Waals surface area contributed by atoms with Crippen LogP contribution in [-0.2, 0) is 9.47 Å². The van der Waals surface area contributed by atoms with Gasteiger partial charge >= 0.3 is 5.91 Å². The molecule has 234 valence electrons. The molecule has 0 aromatic carbocycles. The zero-order valence-electron chi connectivity index (χ0n) is 21.4. The first kappa shape index (κ1) is 38.2. The molecule has 2 heterocycles. The number of nitrogens with one attached hydrogen (secondary N) is 2. The highest BCUT2D eigenvalue weighted by Gasteiger charge is 2.19. The molecule has 2 amide bonds. The molecule has 0 aliphatic carbocycles. The van der Waals surface area contributed by atoms with Crippen molar-refractivity contribution in [1.82, 2.24) is 35.4 Å². The first-order chi connectivity index (χ1) is 18.8. The molecule has 14 N–H and O–H groups in total. The average Bonchev–Trinajstić information content (AvgIpc) is 2.89. The van der Waals surface area contributed by atoms with Gasteiger partial charge in [-0.05, 0) is 0 Å². The van der Waals surface area contributed by atoms with Gasteiger partial charge in [-0.2, -0.15) is 4.99 Å². The van der Waals surface area contributed by atoms with Crippen molar-refractivity contribution in [2.24, 2.45) is 10.7 Å². The molecular formula is C18H28Cl4N14O6. The van der Waals surface area contributed by atoms with Crippen LogP contribution in [-0.4, -0.2) is 104 Å². The number of nitrogens with two attached hydrogens (primary N) is 5. The molecule has 0 saturated heterocycles. The molecule has 0 fully saturated rings. The van der Waals surface area contributed by atoms with Crippen LogP contribution in [0.1, 0.15) is 21.0 Å². The van der Waals surface area contributed by atoms with Gasteiger partial charge in [0.1, 0.15) is 0 Å². The Balaban J connectivity index is 0.00000840. The van der Waals surface area contributed by atoms with Gasteiger partial charge in [0.05, 0.1) is 39.5 Å². The summed E-state index contributed by atoms with van der Waals surface area (Å²) < 4.78 is 10.5. The average molecular weight is 678 g/mol. The summed E-state index contributed by atoms with van der Waals surface area (Å²) in [5.74, 6) is -4.15. The molecule has 20 nitrogen and oxygen atoms in total. The number of rotatable bonds is 11. The minimum atomic E-state index is -1.00. The van der Waals surface area contributed by atoms with E-state index in [4.69, 9.17) is 66.8 Å². The number of hydroxylamine groups is 4. The van der Waals surface area contributed by atoms with Crippen molar-refractivity contribution in [3.8, 4) is 0 Å². The van der Waals surface area contributed by atoms with Crippen molar-refractivity contribution in [2.45, 2.75) is 0 Å². The molecule has 0 spiro atoms. The van der Waals surface area contributed by atoms with Crippen molar-refractivity contribution in [3.63, 3.8) is 0 Å². The molecule has 2 rings (SSSR count). The number of aliphatic imine (C=N–C) groups is 1. The number of hydrogen-bond donors (Lipinski definition) is 9. The lowest BCUT2D eigenvalue weighted by Gasteiger charge is -2.18. The number of ether oxygens (including phenoxy) is 2. The van der Waals surface area contributed by atoms with Crippen molar-refractivity contribution in [3.05, 3.63) is 21.7 Å². The van der Waals surface area contributed by atoms with E-state index in [1.165, 1.54) is 0 Å². The zero-order valence-corrected chi connectivity index (χ0v) is 24.5. The lowest BCUT2D eigenvalue weighted by molar-refractivity contribution is -0.0546. The smallest absolute Gasteiger partial charge is 0.302 e. The number of guanidine groups is 2. The number of carbonyl (C=O) groups excluding carboxylic acids is 2. The maximum Gasteiger partial charge on any atom is 0.302 e. The second kappa shape index (κ2) is 17.9. The highest BCUT2D eigenvalue weighted by atomic mass is 35.5. The predicted molar refractivity (Wildman–Crippen MR) is 156 cm³/mol. The Hall–Kier alpha value is -3.76. The van der Waals surface area contributed by atoms with Crippen LogP contribution >= 0.6 is 48.0 Å².